The zero-order valence-electron chi connectivity index (χ0n) is 20.5. The molecule has 0 aliphatic carbocycles. The van der Waals surface area contributed by atoms with Crippen LogP contribution in [0.3, 0.4) is 0 Å². The van der Waals surface area contributed by atoms with E-state index in [1.54, 1.807) is 0 Å². The maximum atomic E-state index is 6.83. The second kappa shape index (κ2) is 13.1. The van der Waals surface area contributed by atoms with Crippen LogP contribution in [0.1, 0.15) is 29.5 Å². The van der Waals surface area contributed by atoms with Crippen molar-refractivity contribution in [2.24, 2.45) is 0 Å². The molecule has 2 aliphatic rings. The number of ether oxygens (including phenoxy) is 4. The van der Waals surface area contributed by atoms with E-state index in [0.29, 0.717) is 26.4 Å². The summed E-state index contributed by atoms with van der Waals surface area (Å²) in [7, 11) is 0. The van der Waals surface area contributed by atoms with Crippen LogP contribution in [0.5, 0.6) is 0 Å². The summed E-state index contributed by atoms with van der Waals surface area (Å²) in [6, 6.07) is 31.0. The van der Waals surface area contributed by atoms with Crippen molar-refractivity contribution in [3.05, 3.63) is 108 Å². The second-order valence-corrected chi connectivity index (χ2v) is 12.2. The van der Waals surface area contributed by atoms with Gasteiger partial charge in [0.15, 0.2) is 4.27 Å². The molecule has 3 aromatic rings. The van der Waals surface area contributed by atoms with Gasteiger partial charge in [-0.05, 0) is 34.6 Å². The molecule has 2 fully saturated rings. The molecule has 2 aliphatic heterocycles. The number of thioether (sulfide) groups is 2. The van der Waals surface area contributed by atoms with Crippen molar-refractivity contribution < 1.29 is 18.9 Å². The zero-order chi connectivity index (χ0) is 24.5. The molecule has 0 aromatic heterocycles. The van der Waals surface area contributed by atoms with Gasteiger partial charge in [-0.2, -0.15) is 0 Å². The van der Waals surface area contributed by atoms with Gasteiger partial charge in [-0.1, -0.05) is 91.0 Å². The van der Waals surface area contributed by atoms with Crippen molar-refractivity contribution in [1.82, 2.24) is 0 Å². The van der Waals surface area contributed by atoms with E-state index in [1.807, 2.05) is 66.0 Å². The van der Waals surface area contributed by atoms with E-state index in [0.717, 1.165) is 29.1 Å². The van der Waals surface area contributed by atoms with Crippen molar-refractivity contribution in [2.45, 2.75) is 55.2 Å². The van der Waals surface area contributed by atoms with Gasteiger partial charge in [-0.15, -0.1) is 23.5 Å². The summed E-state index contributed by atoms with van der Waals surface area (Å²) in [6.07, 6.45) is 1.47. The minimum Gasteiger partial charge on any atom is -0.374 e. The molecule has 2 saturated heterocycles. The molecule has 5 rings (SSSR count). The molecule has 0 amide bonds. The van der Waals surface area contributed by atoms with Crippen molar-refractivity contribution in [3.63, 3.8) is 0 Å². The fourth-order valence-corrected chi connectivity index (χ4v) is 7.76. The molecule has 6 heteroatoms. The average molecular weight is 523 g/mol. The van der Waals surface area contributed by atoms with E-state index < -0.39 is 0 Å². The molecule has 0 radical (unpaired) electrons. The van der Waals surface area contributed by atoms with Gasteiger partial charge in [-0.25, -0.2) is 0 Å². The van der Waals surface area contributed by atoms with Crippen LogP contribution in [0.4, 0.5) is 0 Å². The van der Waals surface area contributed by atoms with Gasteiger partial charge in [0.25, 0.3) is 0 Å². The summed E-state index contributed by atoms with van der Waals surface area (Å²) in [4.78, 5) is 0. The Kier molecular flexibility index (Phi) is 9.42. The SMILES string of the molecule is c1ccc(COC[C@H]2OC3(C[C@@H](OCc4ccccc4)[C@@H]2OCc2ccccc2)SCCCS3)cc1. The molecule has 190 valence electrons. The third-order valence-corrected chi connectivity index (χ3v) is 9.53. The first-order valence-corrected chi connectivity index (χ1v) is 14.7. The standard InChI is InChI=1S/C30H34O4S2/c1-4-11-24(12-5-1)20-31-23-28-29(33-22-26-15-8-3-9-16-26)27(32-21-25-13-6-2-7-14-25)19-30(34-28)35-17-10-18-36-30/h1-9,11-16,27-29H,10,17-23H2/t27-,28-,29+/m1/s1. The first-order chi connectivity index (χ1) is 17.8. The second-order valence-electron chi connectivity index (χ2n) is 9.19. The molecular weight excluding hydrogens is 488 g/mol. The summed E-state index contributed by atoms with van der Waals surface area (Å²) < 4.78 is 25.9. The Morgan fingerprint density at radius 2 is 1.22 bits per heavy atom. The summed E-state index contributed by atoms with van der Waals surface area (Å²) in [6.45, 7) is 2.08. The van der Waals surface area contributed by atoms with Crippen molar-refractivity contribution in [2.75, 3.05) is 18.1 Å². The maximum Gasteiger partial charge on any atom is 0.163 e. The van der Waals surface area contributed by atoms with E-state index in [-0.39, 0.29) is 22.6 Å². The van der Waals surface area contributed by atoms with Gasteiger partial charge in [0, 0.05) is 6.42 Å². The highest BCUT2D eigenvalue weighted by Gasteiger charge is 2.50. The van der Waals surface area contributed by atoms with Crippen LogP contribution in [0.2, 0.25) is 0 Å². The van der Waals surface area contributed by atoms with E-state index in [4.69, 9.17) is 18.9 Å². The van der Waals surface area contributed by atoms with Crippen LogP contribution < -0.4 is 0 Å². The fraction of sp³-hybridized carbons (Fsp3) is 0.400. The monoisotopic (exact) mass is 522 g/mol. The van der Waals surface area contributed by atoms with Crippen molar-refractivity contribution in [3.8, 4) is 0 Å². The quantitative estimate of drug-likeness (QED) is 0.295. The number of rotatable bonds is 10. The summed E-state index contributed by atoms with van der Waals surface area (Å²) in [5, 5.41) is 0. The van der Waals surface area contributed by atoms with E-state index in [2.05, 4.69) is 48.5 Å². The fourth-order valence-electron chi connectivity index (χ4n) is 4.60. The normalized spacial score (nSPS) is 23.5. The molecule has 3 atom stereocenters. The highest BCUT2D eigenvalue weighted by Crippen LogP contribution is 2.51. The van der Waals surface area contributed by atoms with Gasteiger partial charge < -0.3 is 18.9 Å². The van der Waals surface area contributed by atoms with E-state index in [9.17, 15) is 0 Å². The molecule has 0 saturated carbocycles. The van der Waals surface area contributed by atoms with Crippen LogP contribution in [-0.4, -0.2) is 40.7 Å². The molecule has 1 spiro atoms. The topological polar surface area (TPSA) is 36.9 Å². The maximum absolute atomic E-state index is 6.83. The first kappa shape index (κ1) is 25.8. The Hall–Kier alpha value is -1.80. The lowest BCUT2D eigenvalue weighted by Gasteiger charge is -2.48. The summed E-state index contributed by atoms with van der Waals surface area (Å²) in [5.74, 6) is 2.21. The van der Waals surface area contributed by atoms with Crippen LogP contribution in [0.15, 0.2) is 91.0 Å². The molecule has 4 nitrogen and oxygen atoms in total. The van der Waals surface area contributed by atoms with Gasteiger partial charge in [0.2, 0.25) is 0 Å². The predicted molar refractivity (Wildman–Crippen MR) is 148 cm³/mol. The van der Waals surface area contributed by atoms with Gasteiger partial charge in [0.05, 0.1) is 32.5 Å². The van der Waals surface area contributed by atoms with Gasteiger partial charge in [0.1, 0.15) is 12.2 Å². The smallest absolute Gasteiger partial charge is 0.163 e. The van der Waals surface area contributed by atoms with Crippen LogP contribution in [0.25, 0.3) is 0 Å². The van der Waals surface area contributed by atoms with Gasteiger partial charge >= 0.3 is 0 Å². The molecule has 36 heavy (non-hydrogen) atoms. The molecule has 2 heterocycles. The van der Waals surface area contributed by atoms with Crippen LogP contribution in [-0.2, 0) is 38.8 Å². The third kappa shape index (κ3) is 7.15. The van der Waals surface area contributed by atoms with Crippen molar-refractivity contribution in [1.29, 1.82) is 0 Å². The van der Waals surface area contributed by atoms with Crippen molar-refractivity contribution >= 4 is 23.5 Å². The Morgan fingerprint density at radius 3 is 1.81 bits per heavy atom. The number of hydrogen-bond acceptors (Lipinski definition) is 6. The lowest BCUT2D eigenvalue weighted by Crippen LogP contribution is -2.56. The zero-order valence-corrected chi connectivity index (χ0v) is 22.1. The number of benzene rings is 3. The molecule has 0 unspecified atom stereocenters. The minimum absolute atomic E-state index is 0.0916. The molecule has 0 N–H and O–H groups in total. The van der Waals surface area contributed by atoms with E-state index >= 15 is 0 Å². The van der Waals surface area contributed by atoms with Crippen LogP contribution >= 0.6 is 23.5 Å². The summed E-state index contributed by atoms with van der Waals surface area (Å²) in [5.41, 5.74) is 3.47. The Balaban J connectivity index is 1.33. The predicted octanol–water partition coefficient (Wildman–Crippen LogP) is 6.69. The molecular formula is C30H34O4S2. The Morgan fingerprint density at radius 1 is 0.694 bits per heavy atom. The number of hydrogen-bond donors (Lipinski definition) is 0. The first-order valence-electron chi connectivity index (χ1n) is 12.7. The Labute approximate surface area is 223 Å². The average Bonchev–Trinajstić information content (AvgIpc) is 2.93. The van der Waals surface area contributed by atoms with E-state index in [1.165, 1.54) is 12.0 Å². The molecule has 3 aromatic carbocycles. The van der Waals surface area contributed by atoms with Crippen LogP contribution in [0, 0.1) is 0 Å². The molecule has 0 bridgehead atoms. The largest absolute Gasteiger partial charge is 0.374 e. The minimum atomic E-state index is -0.313. The highest BCUT2D eigenvalue weighted by molar-refractivity contribution is 8.18. The Bertz CT molecular complexity index is 1030. The lowest BCUT2D eigenvalue weighted by molar-refractivity contribution is -0.211. The third-order valence-electron chi connectivity index (χ3n) is 6.43. The lowest BCUT2D eigenvalue weighted by atomic mass is 10.0. The summed E-state index contributed by atoms with van der Waals surface area (Å²) >= 11 is 3.82. The highest BCUT2D eigenvalue weighted by atomic mass is 32.2. The van der Waals surface area contributed by atoms with Gasteiger partial charge in [-0.3, -0.25) is 0 Å².